The number of nitrogens with zero attached hydrogens (tertiary/aromatic N) is 1. The maximum Gasteiger partial charge on any atom is 0.0266 e. The summed E-state index contributed by atoms with van der Waals surface area (Å²) in [7, 11) is 0. The smallest absolute Gasteiger partial charge is 0.0266 e. The van der Waals surface area contributed by atoms with Crippen molar-refractivity contribution in [1.29, 1.82) is 0 Å². The van der Waals surface area contributed by atoms with E-state index >= 15 is 0 Å². The molecule has 0 aliphatic heterocycles. The number of aryl methyl sites for hydroxylation is 1. The molecule has 12 heavy (non-hydrogen) atoms. The molecule has 0 N–H and O–H groups in total. The molecule has 0 fully saturated rings. The third-order valence-corrected chi connectivity index (χ3v) is 1.61. The van der Waals surface area contributed by atoms with E-state index in [9.17, 15) is 0 Å². The normalized spacial score (nSPS) is 9.83. The molecule has 1 heteroatoms. The van der Waals surface area contributed by atoms with Gasteiger partial charge < -0.3 is 0 Å². The SMILES string of the molecule is C=N/C=C\c1cc(C)c#cc1C. The Morgan fingerprint density at radius 1 is 1.42 bits per heavy atom. The van der Waals surface area contributed by atoms with Crippen molar-refractivity contribution in [2.75, 3.05) is 0 Å². The van der Waals surface area contributed by atoms with Gasteiger partial charge in [-0.2, -0.15) is 0 Å². The van der Waals surface area contributed by atoms with Gasteiger partial charge in [0.05, 0.1) is 0 Å². The first-order valence-corrected chi connectivity index (χ1v) is 3.77. The summed E-state index contributed by atoms with van der Waals surface area (Å²) in [4.78, 5) is 3.65. The lowest BCUT2D eigenvalue weighted by atomic mass is 10.1. The second-order valence-electron chi connectivity index (χ2n) is 2.66. The molecular weight excluding hydrogens is 146 g/mol. The molecule has 1 aromatic carbocycles. The third-order valence-electron chi connectivity index (χ3n) is 1.61. The van der Waals surface area contributed by atoms with Crippen LogP contribution in [0.15, 0.2) is 17.3 Å². The van der Waals surface area contributed by atoms with Gasteiger partial charge in [0.1, 0.15) is 0 Å². The Labute approximate surface area is 73.5 Å². The summed E-state index contributed by atoms with van der Waals surface area (Å²) in [6.45, 7) is 7.37. The van der Waals surface area contributed by atoms with Crippen molar-refractivity contribution in [1.82, 2.24) is 0 Å². The molecule has 0 atom stereocenters. The molecule has 0 unspecified atom stereocenters. The highest BCUT2D eigenvalue weighted by atomic mass is 14.6. The number of aliphatic imine (C=N–C) groups is 1. The van der Waals surface area contributed by atoms with Crippen molar-refractivity contribution >= 4 is 12.8 Å². The number of hydrogen-bond donors (Lipinski definition) is 0. The van der Waals surface area contributed by atoms with Gasteiger partial charge in [-0.3, -0.25) is 4.99 Å². The van der Waals surface area contributed by atoms with Crippen LogP contribution in [0.3, 0.4) is 0 Å². The van der Waals surface area contributed by atoms with Crippen molar-refractivity contribution in [2.24, 2.45) is 4.99 Å². The summed E-state index contributed by atoms with van der Waals surface area (Å²) < 4.78 is 0. The van der Waals surface area contributed by atoms with Crippen molar-refractivity contribution < 1.29 is 0 Å². The fraction of sp³-hybridized carbons (Fsp3) is 0.182. The highest BCUT2D eigenvalue weighted by Gasteiger charge is 1.91. The van der Waals surface area contributed by atoms with Gasteiger partial charge in [-0.1, -0.05) is 12.1 Å². The van der Waals surface area contributed by atoms with E-state index in [2.05, 4.69) is 23.8 Å². The summed E-state index contributed by atoms with van der Waals surface area (Å²) in [5.74, 6) is 0. The molecule has 0 saturated carbocycles. The Hall–Kier alpha value is -1.55. The molecule has 1 rings (SSSR count). The predicted molar refractivity (Wildman–Crippen MR) is 52.2 cm³/mol. The monoisotopic (exact) mass is 157 g/mol. The van der Waals surface area contributed by atoms with Gasteiger partial charge in [-0.25, -0.2) is 0 Å². The Morgan fingerprint density at radius 3 is 2.83 bits per heavy atom. The van der Waals surface area contributed by atoms with Crippen LogP contribution in [-0.2, 0) is 0 Å². The van der Waals surface area contributed by atoms with Crippen molar-refractivity contribution in [3.8, 4) is 0 Å². The maximum atomic E-state index is 3.65. The fourth-order valence-electron chi connectivity index (χ4n) is 0.948. The molecule has 0 aliphatic carbocycles. The van der Waals surface area contributed by atoms with Crippen LogP contribution in [0, 0.1) is 26.0 Å². The summed E-state index contributed by atoms with van der Waals surface area (Å²) in [5.41, 5.74) is 3.29. The highest BCUT2D eigenvalue weighted by molar-refractivity contribution is 5.53. The first kappa shape index (κ1) is 8.55. The third kappa shape index (κ3) is 1.96. The van der Waals surface area contributed by atoms with E-state index in [1.807, 2.05) is 26.0 Å². The topological polar surface area (TPSA) is 12.4 Å². The Morgan fingerprint density at radius 2 is 2.17 bits per heavy atom. The van der Waals surface area contributed by atoms with Crippen LogP contribution in [0.2, 0.25) is 0 Å². The van der Waals surface area contributed by atoms with Gasteiger partial charge in [0.25, 0.3) is 0 Å². The van der Waals surface area contributed by atoms with E-state index in [0.29, 0.717) is 0 Å². The molecule has 0 radical (unpaired) electrons. The molecule has 0 spiro atoms. The van der Waals surface area contributed by atoms with E-state index in [1.165, 1.54) is 0 Å². The minimum Gasteiger partial charge on any atom is -0.272 e. The quantitative estimate of drug-likeness (QED) is 0.585. The van der Waals surface area contributed by atoms with Gasteiger partial charge in [0.15, 0.2) is 0 Å². The van der Waals surface area contributed by atoms with E-state index in [0.717, 1.165) is 16.7 Å². The Bertz CT molecular complexity index is 311. The van der Waals surface area contributed by atoms with Crippen LogP contribution in [-0.4, -0.2) is 6.72 Å². The lowest BCUT2D eigenvalue weighted by molar-refractivity contribution is 1.39. The van der Waals surface area contributed by atoms with Crippen LogP contribution >= 0.6 is 0 Å². The van der Waals surface area contributed by atoms with Gasteiger partial charge in [0.2, 0.25) is 0 Å². The highest BCUT2D eigenvalue weighted by Crippen LogP contribution is 2.08. The lowest BCUT2D eigenvalue weighted by Crippen LogP contribution is -1.78. The van der Waals surface area contributed by atoms with Crippen LogP contribution in [0.1, 0.15) is 16.7 Å². The van der Waals surface area contributed by atoms with Gasteiger partial charge in [-0.05, 0) is 43.8 Å². The second kappa shape index (κ2) is 3.73. The Kier molecular flexibility index (Phi) is 2.66. The first-order valence-electron chi connectivity index (χ1n) is 3.77. The average Bonchev–Trinajstić information content (AvgIpc) is 2.07. The van der Waals surface area contributed by atoms with Crippen molar-refractivity contribution in [2.45, 2.75) is 13.8 Å². The Balaban J connectivity index is 3.04. The molecule has 0 saturated heterocycles. The largest absolute Gasteiger partial charge is 0.272 e. The van der Waals surface area contributed by atoms with Crippen LogP contribution < -0.4 is 0 Å². The molecule has 1 aromatic rings. The minimum atomic E-state index is 1.08. The molecule has 0 bridgehead atoms. The number of hydrogen-bond acceptors (Lipinski definition) is 1. The number of rotatable bonds is 2. The zero-order chi connectivity index (χ0) is 8.97. The van der Waals surface area contributed by atoms with Crippen LogP contribution in [0.4, 0.5) is 0 Å². The second-order valence-corrected chi connectivity index (χ2v) is 2.66. The van der Waals surface area contributed by atoms with E-state index in [1.54, 1.807) is 6.20 Å². The lowest BCUT2D eigenvalue weighted by Gasteiger charge is -1.95. The summed E-state index contributed by atoms with van der Waals surface area (Å²) in [5, 5.41) is 0. The molecule has 60 valence electrons. The van der Waals surface area contributed by atoms with E-state index in [4.69, 9.17) is 0 Å². The van der Waals surface area contributed by atoms with Gasteiger partial charge in [0, 0.05) is 11.8 Å². The molecule has 1 nitrogen and oxygen atoms in total. The molecule has 0 amide bonds. The minimum absolute atomic E-state index is 1.08. The van der Waals surface area contributed by atoms with Gasteiger partial charge >= 0.3 is 0 Å². The van der Waals surface area contributed by atoms with Crippen molar-refractivity contribution in [3.63, 3.8) is 0 Å². The van der Waals surface area contributed by atoms with Gasteiger partial charge in [-0.15, -0.1) is 0 Å². The van der Waals surface area contributed by atoms with Crippen LogP contribution in [0.5, 0.6) is 0 Å². The summed E-state index contributed by atoms with van der Waals surface area (Å²) in [6, 6.07) is 8.10. The average molecular weight is 157 g/mol. The molecular formula is C11H11N. The molecule has 0 heterocycles. The molecule has 0 aliphatic rings. The molecule has 0 aromatic heterocycles. The first-order chi connectivity index (χ1) is 5.74. The maximum absolute atomic E-state index is 3.65. The zero-order valence-electron chi connectivity index (χ0n) is 7.39. The van der Waals surface area contributed by atoms with Crippen LogP contribution in [0.25, 0.3) is 6.08 Å². The predicted octanol–water partition coefficient (Wildman–Crippen LogP) is 2.58. The summed E-state index contributed by atoms with van der Waals surface area (Å²) in [6.07, 6.45) is 3.59. The van der Waals surface area contributed by atoms with E-state index < -0.39 is 0 Å². The zero-order valence-corrected chi connectivity index (χ0v) is 7.39. The van der Waals surface area contributed by atoms with E-state index in [-0.39, 0.29) is 0 Å². The fourth-order valence-corrected chi connectivity index (χ4v) is 0.948. The standard InChI is InChI=1S/C11H11N/c1-9-4-5-10(2)11(8-9)6-7-12-3/h6-8H,3H2,1-2H3/b7-6-. The summed E-state index contributed by atoms with van der Waals surface area (Å²) >= 11 is 0. The van der Waals surface area contributed by atoms with Crippen molar-refractivity contribution in [3.05, 3.63) is 41.1 Å².